The van der Waals surface area contributed by atoms with Gasteiger partial charge in [0, 0.05) is 13.2 Å². The second-order valence-electron chi connectivity index (χ2n) is 5.37. The Morgan fingerprint density at radius 1 is 1.36 bits per heavy atom. The molecule has 2 N–H and O–H groups in total. The quantitative estimate of drug-likeness (QED) is 0.826. The van der Waals surface area contributed by atoms with Crippen molar-refractivity contribution in [2.45, 2.75) is 36.8 Å². The molecule has 0 bridgehead atoms. The Morgan fingerprint density at radius 3 is 2.73 bits per heavy atom. The van der Waals surface area contributed by atoms with Crippen LogP contribution in [0.5, 0.6) is 0 Å². The molecule has 1 fully saturated rings. The highest BCUT2D eigenvalue weighted by molar-refractivity contribution is 7.91. The highest BCUT2D eigenvalue weighted by atomic mass is 32.2. The molecule has 6 nitrogen and oxygen atoms in total. The average Bonchev–Trinajstić information content (AvgIpc) is 3.02. The molecule has 0 spiro atoms. The van der Waals surface area contributed by atoms with Gasteiger partial charge >= 0.3 is 6.03 Å². The zero-order valence-corrected chi connectivity index (χ0v) is 13.4. The van der Waals surface area contributed by atoms with Crippen LogP contribution in [0.1, 0.15) is 19.8 Å². The summed E-state index contributed by atoms with van der Waals surface area (Å²) < 4.78 is 29.6. The molecule has 0 radical (unpaired) electrons. The van der Waals surface area contributed by atoms with Crippen molar-refractivity contribution in [3.8, 4) is 0 Å². The van der Waals surface area contributed by atoms with Crippen molar-refractivity contribution >= 4 is 15.9 Å². The van der Waals surface area contributed by atoms with Crippen LogP contribution in [0.2, 0.25) is 0 Å². The number of sulfone groups is 1. The number of hydrogen-bond donors (Lipinski definition) is 2. The maximum absolute atomic E-state index is 12.1. The minimum absolute atomic E-state index is 0.0406. The number of urea groups is 1. The molecule has 122 valence electrons. The molecule has 0 saturated carbocycles. The predicted octanol–water partition coefficient (Wildman–Crippen LogP) is 1.33. The SMILES string of the molecule is CC(NC(=O)NCCS(=O)(=O)c1ccccc1)C1CCCO1. The van der Waals surface area contributed by atoms with E-state index in [1.165, 1.54) is 0 Å². The van der Waals surface area contributed by atoms with E-state index < -0.39 is 9.84 Å². The summed E-state index contributed by atoms with van der Waals surface area (Å²) in [7, 11) is -3.37. The van der Waals surface area contributed by atoms with Crippen molar-refractivity contribution in [1.29, 1.82) is 0 Å². The van der Waals surface area contributed by atoms with E-state index in [4.69, 9.17) is 4.74 Å². The zero-order valence-electron chi connectivity index (χ0n) is 12.6. The summed E-state index contributed by atoms with van der Waals surface area (Å²) in [5.74, 6) is -0.126. The molecule has 0 aromatic heterocycles. The molecule has 1 aromatic carbocycles. The smallest absolute Gasteiger partial charge is 0.315 e. The number of rotatable bonds is 6. The van der Waals surface area contributed by atoms with Crippen LogP contribution in [-0.2, 0) is 14.6 Å². The summed E-state index contributed by atoms with van der Waals surface area (Å²) in [5.41, 5.74) is 0. The molecule has 1 saturated heterocycles. The number of benzene rings is 1. The average molecular weight is 326 g/mol. The van der Waals surface area contributed by atoms with Gasteiger partial charge in [-0.3, -0.25) is 0 Å². The lowest BCUT2D eigenvalue weighted by molar-refractivity contribution is 0.0860. The van der Waals surface area contributed by atoms with Gasteiger partial charge in [-0.15, -0.1) is 0 Å². The van der Waals surface area contributed by atoms with Crippen LogP contribution < -0.4 is 10.6 Å². The van der Waals surface area contributed by atoms with E-state index >= 15 is 0 Å². The lowest BCUT2D eigenvalue weighted by atomic mass is 10.1. The van der Waals surface area contributed by atoms with Gasteiger partial charge in [0.1, 0.15) is 0 Å². The summed E-state index contributed by atoms with van der Waals surface area (Å²) >= 11 is 0. The third kappa shape index (κ3) is 4.71. The molecule has 2 atom stereocenters. The molecule has 1 aromatic rings. The van der Waals surface area contributed by atoms with Crippen LogP contribution in [0.15, 0.2) is 35.2 Å². The van der Waals surface area contributed by atoms with Crippen molar-refractivity contribution in [2.24, 2.45) is 0 Å². The van der Waals surface area contributed by atoms with Gasteiger partial charge in [0.05, 0.1) is 22.8 Å². The lowest BCUT2D eigenvalue weighted by Gasteiger charge is -2.20. The Morgan fingerprint density at radius 2 is 2.09 bits per heavy atom. The van der Waals surface area contributed by atoms with Crippen LogP contribution in [-0.4, -0.2) is 45.5 Å². The van der Waals surface area contributed by atoms with Gasteiger partial charge in [0.2, 0.25) is 0 Å². The van der Waals surface area contributed by atoms with Crippen molar-refractivity contribution in [2.75, 3.05) is 18.9 Å². The van der Waals surface area contributed by atoms with Gasteiger partial charge in [-0.05, 0) is 31.9 Å². The molecule has 2 rings (SSSR count). The van der Waals surface area contributed by atoms with Crippen molar-refractivity contribution < 1.29 is 17.9 Å². The van der Waals surface area contributed by atoms with Crippen molar-refractivity contribution in [3.63, 3.8) is 0 Å². The highest BCUT2D eigenvalue weighted by Crippen LogP contribution is 2.15. The topological polar surface area (TPSA) is 84.5 Å². The number of carbonyl (C=O) groups excluding carboxylic acids is 1. The van der Waals surface area contributed by atoms with E-state index in [1.54, 1.807) is 30.3 Å². The molecule has 2 unspecified atom stereocenters. The second kappa shape index (κ2) is 7.60. The Labute approximate surface area is 131 Å². The Kier molecular flexibility index (Phi) is 5.79. The number of ether oxygens (including phenoxy) is 1. The predicted molar refractivity (Wildman–Crippen MR) is 83.5 cm³/mol. The maximum atomic E-state index is 12.1. The third-order valence-corrected chi connectivity index (χ3v) is 5.37. The van der Waals surface area contributed by atoms with Gasteiger partial charge in [-0.1, -0.05) is 18.2 Å². The van der Waals surface area contributed by atoms with Gasteiger partial charge in [0.25, 0.3) is 0 Å². The maximum Gasteiger partial charge on any atom is 0.315 e. The third-order valence-electron chi connectivity index (χ3n) is 3.64. The number of amides is 2. The molecule has 2 amide bonds. The molecule has 22 heavy (non-hydrogen) atoms. The van der Waals surface area contributed by atoms with E-state index in [2.05, 4.69) is 10.6 Å². The minimum Gasteiger partial charge on any atom is -0.376 e. The van der Waals surface area contributed by atoms with E-state index in [1.807, 2.05) is 6.92 Å². The molecule has 1 aliphatic rings. The summed E-state index contributed by atoms with van der Waals surface area (Å²) in [6.07, 6.45) is 1.98. The van der Waals surface area contributed by atoms with Crippen LogP contribution in [0.4, 0.5) is 4.79 Å². The molecule has 7 heteroatoms. The molecular formula is C15H22N2O4S. The molecule has 0 aliphatic carbocycles. The summed E-state index contributed by atoms with van der Waals surface area (Å²) in [5, 5.41) is 5.36. The van der Waals surface area contributed by atoms with Crippen LogP contribution >= 0.6 is 0 Å². The Bertz CT molecular complexity index is 583. The van der Waals surface area contributed by atoms with Crippen LogP contribution in [0.3, 0.4) is 0 Å². The number of carbonyl (C=O) groups is 1. The summed E-state index contributed by atoms with van der Waals surface area (Å²) in [4.78, 5) is 12.0. The first kappa shape index (κ1) is 16.8. The van der Waals surface area contributed by atoms with Gasteiger partial charge in [-0.2, -0.15) is 0 Å². The summed E-state index contributed by atoms with van der Waals surface area (Å²) in [6, 6.07) is 7.76. The highest BCUT2D eigenvalue weighted by Gasteiger charge is 2.23. The van der Waals surface area contributed by atoms with E-state index in [9.17, 15) is 13.2 Å². The number of nitrogens with one attached hydrogen (secondary N) is 2. The van der Waals surface area contributed by atoms with Gasteiger partial charge in [-0.25, -0.2) is 13.2 Å². The minimum atomic E-state index is -3.37. The largest absolute Gasteiger partial charge is 0.376 e. The normalized spacial score (nSPS) is 19.6. The molecule has 1 aliphatic heterocycles. The van der Waals surface area contributed by atoms with Crippen LogP contribution in [0, 0.1) is 0 Å². The molecule has 1 heterocycles. The first-order valence-corrected chi connectivity index (χ1v) is 9.08. The lowest BCUT2D eigenvalue weighted by Crippen LogP contribution is -2.46. The van der Waals surface area contributed by atoms with Crippen molar-refractivity contribution in [1.82, 2.24) is 10.6 Å². The van der Waals surface area contributed by atoms with Gasteiger partial charge < -0.3 is 15.4 Å². The first-order valence-electron chi connectivity index (χ1n) is 7.43. The summed E-state index contributed by atoms with van der Waals surface area (Å²) in [6.45, 7) is 2.69. The fourth-order valence-electron chi connectivity index (χ4n) is 2.39. The first-order chi connectivity index (χ1) is 10.5. The Balaban J connectivity index is 1.75. The van der Waals surface area contributed by atoms with E-state index in [-0.39, 0.29) is 35.4 Å². The van der Waals surface area contributed by atoms with Gasteiger partial charge in [0.15, 0.2) is 9.84 Å². The molecular weight excluding hydrogens is 304 g/mol. The number of hydrogen-bond acceptors (Lipinski definition) is 4. The van der Waals surface area contributed by atoms with Crippen molar-refractivity contribution in [3.05, 3.63) is 30.3 Å². The van der Waals surface area contributed by atoms with Crippen LogP contribution in [0.25, 0.3) is 0 Å². The fourth-order valence-corrected chi connectivity index (χ4v) is 3.57. The monoisotopic (exact) mass is 326 g/mol. The second-order valence-corrected chi connectivity index (χ2v) is 7.48. The van der Waals surface area contributed by atoms with E-state index in [0.717, 1.165) is 19.4 Å². The van der Waals surface area contributed by atoms with E-state index in [0.29, 0.717) is 0 Å². The zero-order chi connectivity index (χ0) is 16.0. The fraction of sp³-hybridized carbons (Fsp3) is 0.533. The Hall–Kier alpha value is -1.60. The standard InChI is InChI=1S/C15H22N2O4S/c1-12(14-8-5-10-21-14)17-15(18)16-9-11-22(19,20)13-6-3-2-4-7-13/h2-4,6-7,12,14H,5,8-11H2,1H3,(H2,16,17,18).